The third-order valence-corrected chi connectivity index (χ3v) is 1.47. The van der Waals surface area contributed by atoms with Gasteiger partial charge in [-0.15, -0.1) is 0 Å². The lowest BCUT2D eigenvalue weighted by molar-refractivity contribution is -0.385. The van der Waals surface area contributed by atoms with Crippen LogP contribution in [0.3, 0.4) is 0 Å². The van der Waals surface area contributed by atoms with Gasteiger partial charge in [0.25, 0.3) is 11.6 Å². The first-order valence-electron chi connectivity index (χ1n) is 3.55. The second kappa shape index (κ2) is 4.03. The number of hydrogen-bond acceptors (Lipinski definition) is 5. The molecule has 1 rings (SSSR count). The summed E-state index contributed by atoms with van der Waals surface area (Å²) in [5, 5.41) is 13.4. The maximum Gasteiger partial charge on any atom is 0.288 e. The molecule has 0 aliphatic rings. The summed E-state index contributed by atoms with van der Waals surface area (Å²) in [6.45, 7) is 0. The summed E-state index contributed by atoms with van der Waals surface area (Å²) in [6.07, 6.45) is 0.871. The van der Waals surface area contributed by atoms with Crippen LogP contribution in [0.25, 0.3) is 10.4 Å². The molecule has 0 aliphatic heterocycles. The van der Waals surface area contributed by atoms with Gasteiger partial charge in [0.05, 0.1) is 10.5 Å². The van der Waals surface area contributed by atoms with Gasteiger partial charge in [0.1, 0.15) is 12.0 Å². The molecule has 0 bridgehead atoms. The summed E-state index contributed by atoms with van der Waals surface area (Å²) in [5.41, 5.74) is 12.4. The van der Waals surface area contributed by atoms with E-state index in [2.05, 4.69) is 15.0 Å². The molecule has 1 amide bonds. The molecule has 0 saturated heterocycles. The smallest absolute Gasteiger partial charge is 0.288 e. The number of carbonyl (C=O) groups is 1. The van der Waals surface area contributed by atoms with Gasteiger partial charge in [-0.1, -0.05) is 0 Å². The van der Waals surface area contributed by atoms with E-state index in [1.165, 1.54) is 0 Å². The highest BCUT2D eigenvalue weighted by Crippen LogP contribution is 2.20. The summed E-state index contributed by atoms with van der Waals surface area (Å²) < 4.78 is 0. The summed E-state index contributed by atoms with van der Waals surface area (Å²) in [5.74, 6) is -1.23. The van der Waals surface area contributed by atoms with Crippen LogP contribution in [0.1, 0.15) is 10.4 Å². The van der Waals surface area contributed by atoms with E-state index < -0.39 is 16.5 Å². The number of primary amides is 1. The second-order valence-electron chi connectivity index (χ2n) is 2.38. The fourth-order valence-electron chi connectivity index (χ4n) is 0.850. The maximum absolute atomic E-state index is 10.8. The van der Waals surface area contributed by atoms with Crippen LogP contribution in [0.4, 0.5) is 11.5 Å². The van der Waals surface area contributed by atoms with Crippen molar-refractivity contribution >= 4 is 17.4 Å². The molecule has 0 fully saturated rings. The third kappa shape index (κ3) is 2.17. The average molecular weight is 208 g/mol. The highest BCUT2D eigenvalue weighted by atomic mass is 16.6. The number of azide groups is 1. The largest absolute Gasteiger partial charge is 0.366 e. The zero-order chi connectivity index (χ0) is 11.4. The Morgan fingerprint density at radius 1 is 1.73 bits per heavy atom. The van der Waals surface area contributed by atoms with Crippen LogP contribution >= 0.6 is 0 Å². The molecular formula is C6H4N6O3. The van der Waals surface area contributed by atoms with E-state index in [9.17, 15) is 14.9 Å². The molecule has 1 heterocycles. The maximum atomic E-state index is 10.8. The Labute approximate surface area is 82.3 Å². The van der Waals surface area contributed by atoms with Crippen LogP contribution in [0.2, 0.25) is 0 Å². The molecule has 1 aromatic rings. The molecule has 9 heteroatoms. The van der Waals surface area contributed by atoms with E-state index in [0.717, 1.165) is 12.3 Å². The Morgan fingerprint density at radius 2 is 2.40 bits per heavy atom. The van der Waals surface area contributed by atoms with E-state index in [-0.39, 0.29) is 11.4 Å². The lowest BCUT2D eigenvalue weighted by atomic mass is 10.2. The van der Waals surface area contributed by atoms with Crippen molar-refractivity contribution in [2.24, 2.45) is 10.8 Å². The number of nitro groups is 1. The SMILES string of the molecule is [N-]=[N+]=Nc1ncc([N+](=O)[O-])cc1C(N)=O. The Bertz CT molecular complexity index is 478. The first-order chi connectivity index (χ1) is 7.06. The van der Waals surface area contributed by atoms with Crippen molar-refractivity contribution in [2.45, 2.75) is 0 Å². The minimum Gasteiger partial charge on any atom is -0.366 e. The predicted molar refractivity (Wildman–Crippen MR) is 48.2 cm³/mol. The minimum atomic E-state index is -0.950. The fraction of sp³-hybridized carbons (Fsp3) is 0. The van der Waals surface area contributed by atoms with Gasteiger partial charge in [-0.05, 0) is 10.6 Å². The van der Waals surface area contributed by atoms with Gasteiger partial charge in [0.2, 0.25) is 0 Å². The van der Waals surface area contributed by atoms with Gasteiger partial charge in [0.15, 0.2) is 0 Å². The van der Waals surface area contributed by atoms with Crippen molar-refractivity contribution in [3.05, 3.63) is 38.4 Å². The molecule has 1 aromatic heterocycles. The van der Waals surface area contributed by atoms with Gasteiger partial charge in [-0.25, -0.2) is 4.98 Å². The van der Waals surface area contributed by atoms with Crippen LogP contribution in [-0.2, 0) is 0 Å². The number of hydrogen-bond donors (Lipinski definition) is 1. The average Bonchev–Trinajstić information content (AvgIpc) is 2.18. The molecule has 0 spiro atoms. The fourth-order valence-corrected chi connectivity index (χ4v) is 0.850. The number of carbonyl (C=O) groups excluding carboxylic acids is 1. The quantitative estimate of drug-likeness (QED) is 0.259. The Balaban J connectivity index is 3.39. The van der Waals surface area contributed by atoms with Gasteiger partial charge in [0, 0.05) is 11.0 Å². The van der Waals surface area contributed by atoms with Crippen molar-refractivity contribution in [1.29, 1.82) is 0 Å². The first-order valence-corrected chi connectivity index (χ1v) is 3.55. The number of nitrogens with two attached hydrogens (primary N) is 1. The van der Waals surface area contributed by atoms with E-state index in [4.69, 9.17) is 11.3 Å². The van der Waals surface area contributed by atoms with Crippen LogP contribution in [0.5, 0.6) is 0 Å². The van der Waals surface area contributed by atoms with E-state index in [1.54, 1.807) is 0 Å². The Morgan fingerprint density at radius 3 is 2.87 bits per heavy atom. The van der Waals surface area contributed by atoms with Crippen molar-refractivity contribution in [3.8, 4) is 0 Å². The first kappa shape index (κ1) is 10.4. The van der Waals surface area contributed by atoms with Gasteiger partial charge in [-0.3, -0.25) is 14.9 Å². The lowest BCUT2D eigenvalue weighted by Gasteiger charge is -1.98. The van der Waals surface area contributed by atoms with E-state index >= 15 is 0 Å². The summed E-state index contributed by atoms with van der Waals surface area (Å²) in [4.78, 5) is 26.3. The molecule has 0 atom stereocenters. The second-order valence-corrected chi connectivity index (χ2v) is 2.38. The lowest BCUT2D eigenvalue weighted by Crippen LogP contribution is -2.12. The topological polar surface area (TPSA) is 148 Å². The monoisotopic (exact) mass is 208 g/mol. The standard InChI is InChI=1S/C6H4N6O3/c7-5(13)4-1-3(12(14)15)2-9-6(4)10-11-8/h1-2H,(H2,7,13). The van der Waals surface area contributed by atoms with Gasteiger partial charge < -0.3 is 5.73 Å². The number of rotatable bonds is 3. The number of amides is 1. The molecule has 0 unspecified atom stereocenters. The number of aromatic nitrogens is 1. The molecule has 9 nitrogen and oxygen atoms in total. The molecular weight excluding hydrogens is 204 g/mol. The van der Waals surface area contributed by atoms with E-state index in [1.807, 2.05) is 0 Å². The van der Waals surface area contributed by atoms with Crippen molar-refractivity contribution in [1.82, 2.24) is 4.98 Å². The number of pyridine rings is 1. The van der Waals surface area contributed by atoms with Crippen molar-refractivity contribution in [3.63, 3.8) is 0 Å². The summed E-state index contributed by atoms with van der Waals surface area (Å²) >= 11 is 0. The zero-order valence-corrected chi connectivity index (χ0v) is 7.19. The Kier molecular flexibility index (Phi) is 2.79. The van der Waals surface area contributed by atoms with Crippen molar-refractivity contribution in [2.75, 3.05) is 0 Å². The minimum absolute atomic E-state index is 0.282. The molecule has 0 radical (unpaired) electrons. The van der Waals surface area contributed by atoms with Gasteiger partial charge >= 0.3 is 0 Å². The highest BCUT2D eigenvalue weighted by molar-refractivity contribution is 5.97. The van der Waals surface area contributed by atoms with Crippen LogP contribution < -0.4 is 5.73 Å². The number of nitrogens with zero attached hydrogens (tertiary/aromatic N) is 5. The predicted octanol–water partition coefficient (Wildman–Crippen LogP) is 1.03. The molecule has 0 aliphatic carbocycles. The molecule has 76 valence electrons. The van der Waals surface area contributed by atoms with E-state index in [0.29, 0.717) is 0 Å². The molecule has 0 saturated carbocycles. The normalized spacial score (nSPS) is 9.07. The zero-order valence-electron chi connectivity index (χ0n) is 7.19. The van der Waals surface area contributed by atoms with Crippen LogP contribution in [-0.4, -0.2) is 15.8 Å². The molecule has 2 N–H and O–H groups in total. The highest BCUT2D eigenvalue weighted by Gasteiger charge is 2.14. The summed E-state index contributed by atoms with van der Waals surface area (Å²) in [7, 11) is 0. The molecule has 15 heavy (non-hydrogen) atoms. The summed E-state index contributed by atoms with van der Waals surface area (Å²) in [6, 6.07) is 0.902. The van der Waals surface area contributed by atoms with Gasteiger partial charge in [-0.2, -0.15) is 0 Å². The Hall–Kier alpha value is -2.67. The van der Waals surface area contributed by atoms with Crippen LogP contribution in [0, 0.1) is 10.1 Å². The van der Waals surface area contributed by atoms with Crippen molar-refractivity contribution < 1.29 is 9.72 Å². The van der Waals surface area contributed by atoms with Crippen LogP contribution in [0.15, 0.2) is 17.4 Å². The molecule has 0 aromatic carbocycles. The third-order valence-electron chi connectivity index (χ3n) is 1.47.